The van der Waals surface area contributed by atoms with E-state index < -0.39 is 12.0 Å². The number of rotatable bonds is 6. The van der Waals surface area contributed by atoms with E-state index in [2.05, 4.69) is 4.98 Å². The standard InChI is InChI=1S/C17H18N2O5/c1-10(2)6-12(17(21)22)19-8-11(7-15(19)20)24-14-5-3-4-13-16(14)18-9-23-13/h3-5,7,9-10,12H,6,8H2,1-2H3,(H,21,22). The number of fused-ring (bicyclic) bond motifs is 1. The van der Waals surface area contributed by atoms with Crippen LogP contribution in [0.1, 0.15) is 20.3 Å². The van der Waals surface area contributed by atoms with Crippen LogP contribution < -0.4 is 4.74 Å². The maximum Gasteiger partial charge on any atom is 0.326 e. The number of para-hydroxylation sites is 1. The second-order valence-electron chi connectivity index (χ2n) is 6.12. The lowest BCUT2D eigenvalue weighted by molar-refractivity contribution is -0.148. The number of benzene rings is 1. The second kappa shape index (κ2) is 6.35. The fourth-order valence-corrected chi connectivity index (χ4v) is 2.73. The maximum absolute atomic E-state index is 12.2. The Balaban J connectivity index is 1.77. The van der Waals surface area contributed by atoms with Gasteiger partial charge in [0.25, 0.3) is 5.91 Å². The minimum Gasteiger partial charge on any atom is -0.480 e. The summed E-state index contributed by atoms with van der Waals surface area (Å²) in [7, 11) is 0. The molecule has 1 atom stereocenters. The van der Waals surface area contributed by atoms with Gasteiger partial charge >= 0.3 is 5.97 Å². The lowest BCUT2D eigenvalue weighted by Gasteiger charge is -2.25. The molecular weight excluding hydrogens is 312 g/mol. The van der Waals surface area contributed by atoms with Crippen molar-refractivity contribution in [2.75, 3.05) is 6.54 Å². The molecule has 1 aliphatic rings. The highest BCUT2D eigenvalue weighted by molar-refractivity contribution is 5.94. The molecular formula is C17H18N2O5. The zero-order valence-electron chi connectivity index (χ0n) is 13.4. The van der Waals surface area contributed by atoms with E-state index in [1.165, 1.54) is 17.4 Å². The van der Waals surface area contributed by atoms with E-state index in [1.807, 2.05) is 13.8 Å². The molecule has 0 radical (unpaired) electrons. The van der Waals surface area contributed by atoms with Gasteiger partial charge < -0.3 is 19.2 Å². The van der Waals surface area contributed by atoms with Crippen molar-refractivity contribution < 1.29 is 23.8 Å². The lowest BCUT2D eigenvalue weighted by Crippen LogP contribution is -2.43. The van der Waals surface area contributed by atoms with Gasteiger partial charge in [-0.25, -0.2) is 9.78 Å². The van der Waals surface area contributed by atoms with Gasteiger partial charge in [-0.3, -0.25) is 4.79 Å². The van der Waals surface area contributed by atoms with E-state index >= 15 is 0 Å². The first-order chi connectivity index (χ1) is 11.5. The minimum absolute atomic E-state index is 0.122. The van der Waals surface area contributed by atoms with E-state index in [0.29, 0.717) is 29.0 Å². The summed E-state index contributed by atoms with van der Waals surface area (Å²) in [6.45, 7) is 3.97. The Morgan fingerprint density at radius 2 is 2.25 bits per heavy atom. The normalized spacial score (nSPS) is 15.9. The zero-order chi connectivity index (χ0) is 17.3. The molecule has 1 N–H and O–H groups in total. The third kappa shape index (κ3) is 3.10. The predicted octanol–water partition coefficient (Wildman–Crippen LogP) is 2.43. The van der Waals surface area contributed by atoms with Crippen LogP contribution >= 0.6 is 0 Å². The average molecular weight is 330 g/mol. The number of aliphatic carboxylic acids is 1. The number of carbonyl (C=O) groups is 2. The topological polar surface area (TPSA) is 92.9 Å². The van der Waals surface area contributed by atoms with Crippen LogP contribution in [0.2, 0.25) is 0 Å². The number of hydrogen-bond acceptors (Lipinski definition) is 5. The molecule has 126 valence electrons. The number of aromatic nitrogens is 1. The molecule has 0 spiro atoms. The van der Waals surface area contributed by atoms with Gasteiger partial charge in [-0.1, -0.05) is 19.9 Å². The quantitative estimate of drug-likeness (QED) is 0.874. The van der Waals surface area contributed by atoms with Gasteiger partial charge in [0.15, 0.2) is 23.2 Å². The largest absolute Gasteiger partial charge is 0.480 e. The van der Waals surface area contributed by atoms with E-state index in [4.69, 9.17) is 9.15 Å². The molecule has 2 heterocycles. The summed E-state index contributed by atoms with van der Waals surface area (Å²) < 4.78 is 11.0. The van der Waals surface area contributed by atoms with Crippen LogP contribution in [-0.4, -0.2) is 39.5 Å². The minimum atomic E-state index is -1.01. The first kappa shape index (κ1) is 16.0. The van der Waals surface area contributed by atoms with E-state index in [0.717, 1.165) is 0 Å². The van der Waals surface area contributed by atoms with Crippen LogP contribution in [0.4, 0.5) is 0 Å². The molecule has 0 fully saturated rings. The summed E-state index contributed by atoms with van der Waals surface area (Å²) in [5, 5.41) is 9.41. The van der Waals surface area contributed by atoms with Crippen molar-refractivity contribution in [2.24, 2.45) is 5.92 Å². The van der Waals surface area contributed by atoms with Crippen LogP contribution in [0, 0.1) is 5.92 Å². The molecule has 0 aliphatic carbocycles. The zero-order valence-corrected chi connectivity index (χ0v) is 13.4. The van der Waals surface area contributed by atoms with Gasteiger partial charge in [-0.15, -0.1) is 0 Å². The van der Waals surface area contributed by atoms with Gasteiger partial charge in [0.1, 0.15) is 11.8 Å². The monoisotopic (exact) mass is 330 g/mol. The Morgan fingerprint density at radius 3 is 2.96 bits per heavy atom. The molecule has 3 rings (SSSR count). The van der Waals surface area contributed by atoms with Crippen molar-refractivity contribution in [3.05, 3.63) is 36.4 Å². The van der Waals surface area contributed by atoms with Gasteiger partial charge in [-0.2, -0.15) is 0 Å². The van der Waals surface area contributed by atoms with Crippen LogP contribution in [0.15, 0.2) is 40.8 Å². The van der Waals surface area contributed by atoms with Crippen LogP contribution in [0.25, 0.3) is 11.1 Å². The Morgan fingerprint density at radius 1 is 1.46 bits per heavy atom. The summed E-state index contributed by atoms with van der Waals surface area (Å²) in [4.78, 5) is 29.1. The molecule has 1 aliphatic heterocycles. The number of hydrogen-bond donors (Lipinski definition) is 1. The molecule has 1 aromatic carbocycles. The van der Waals surface area contributed by atoms with E-state index in [-0.39, 0.29) is 18.4 Å². The number of nitrogens with zero attached hydrogens (tertiary/aromatic N) is 2. The Labute approximate surface area is 138 Å². The molecule has 7 heteroatoms. The van der Waals surface area contributed by atoms with Gasteiger partial charge in [0, 0.05) is 6.08 Å². The van der Waals surface area contributed by atoms with Crippen molar-refractivity contribution in [2.45, 2.75) is 26.3 Å². The Bertz CT molecular complexity index is 808. The molecule has 1 amide bonds. The van der Waals surface area contributed by atoms with Crippen LogP contribution in [-0.2, 0) is 9.59 Å². The highest BCUT2D eigenvalue weighted by Gasteiger charge is 2.34. The van der Waals surface area contributed by atoms with Gasteiger partial charge in [0.2, 0.25) is 0 Å². The first-order valence-corrected chi connectivity index (χ1v) is 7.69. The summed E-state index contributed by atoms with van der Waals surface area (Å²) in [6.07, 6.45) is 3.04. The smallest absolute Gasteiger partial charge is 0.326 e. The third-order valence-corrected chi connectivity index (χ3v) is 3.81. The van der Waals surface area contributed by atoms with Crippen molar-refractivity contribution in [1.82, 2.24) is 9.88 Å². The first-order valence-electron chi connectivity index (χ1n) is 7.69. The van der Waals surface area contributed by atoms with Crippen molar-refractivity contribution in [3.63, 3.8) is 0 Å². The third-order valence-electron chi connectivity index (χ3n) is 3.81. The SMILES string of the molecule is CC(C)CC(C(=O)O)N1CC(Oc2cccc3ocnc23)=CC1=O. The molecule has 0 bridgehead atoms. The number of amides is 1. The molecule has 7 nitrogen and oxygen atoms in total. The fraction of sp³-hybridized carbons (Fsp3) is 0.353. The Kier molecular flexibility index (Phi) is 4.24. The van der Waals surface area contributed by atoms with E-state index in [1.54, 1.807) is 18.2 Å². The summed E-state index contributed by atoms with van der Waals surface area (Å²) in [5.74, 6) is -0.341. The summed E-state index contributed by atoms with van der Waals surface area (Å²) in [5.41, 5.74) is 1.14. The molecule has 0 saturated carbocycles. The number of oxazole rings is 1. The lowest BCUT2D eigenvalue weighted by atomic mass is 10.0. The number of carbonyl (C=O) groups excluding carboxylic acids is 1. The van der Waals surface area contributed by atoms with Crippen molar-refractivity contribution in [1.29, 1.82) is 0 Å². The number of ether oxygens (including phenoxy) is 1. The second-order valence-corrected chi connectivity index (χ2v) is 6.12. The molecule has 1 aromatic heterocycles. The van der Waals surface area contributed by atoms with Gasteiger partial charge in [-0.05, 0) is 24.5 Å². The van der Waals surface area contributed by atoms with Gasteiger partial charge in [0.05, 0.1) is 6.54 Å². The number of carboxylic acid groups (broad SMARTS) is 1. The fourth-order valence-electron chi connectivity index (χ4n) is 2.73. The molecule has 24 heavy (non-hydrogen) atoms. The number of carboxylic acids is 1. The maximum atomic E-state index is 12.2. The van der Waals surface area contributed by atoms with Crippen LogP contribution in [0.5, 0.6) is 5.75 Å². The van der Waals surface area contributed by atoms with Crippen LogP contribution in [0.3, 0.4) is 0 Å². The summed E-state index contributed by atoms with van der Waals surface area (Å²) in [6, 6.07) is 4.38. The molecule has 0 saturated heterocycles. The van der Waals surface area contributed by atoms with Crippen molar-refractivity contribution in [3.8, 4) is 5.75 Å². The molecule has 1 unspecified atom stereocenters. The molecule has 2 aromatic rings. The van der Waals surface area contributed by atoms with E-state index in [9.17, 15) is 14.7 Å². The highest BCUT2D eigenvalue weighted by Crippen LogP contribution is 2.28. The average Bonchev–Trinajstić information content (AvgIpc) is 3.11. The Hall–Kier alpha value is -2.83. The predicted molar refractivity (Wildman–Crippen MR) is 85.3 cm³/mol. The highest BCUT2D eigenvalue weighted by atomic mass is 16.5. The summed E-state index contributed by atoms with van der Waals surface area (Å²) >= 11 is 0. The van der Waals surface area contributed by atoms with Crippen molar-refractivity contribution >= 4 is 23.0 Å².